The molecule has 0 saturated heterocycles. The predicted molar refractivity (Wildman–Crippen MR) is 73.8 cm³/mol. The molecule has 2 aromatic rings. The van der Waals surface area contributed by atoms with Gasteiger partial charge in [0.1, 0.15) is 12.1 Å². The van der Waals surface area contributed by atoms with Gasteiger partial charge >= 0.3 is 5.51 Å². The molecule has 108 valence electrons. The number of fused-ring (bicyclic) bond motifs is 1. The number of anilines is 1. The Morgan fingerprint density at radius 2 is 2.00 bits per heavy atom. The van der Waals surface area contributed by atoms with Crippen molar-refractivity contribution in [3.63, 3.8) is 0 Å². The van der Waals surface area contributed by atoms with Crippen molar-refractivity contribution >= 4 is 28.6 Å². The van der Waals surface area contributed by atoms with Crippen LogP contribution in [0.15, 0.2) is 12.4 Å². The first-order valence-electron chi connectivity index (χ1n) is 5.90. The zero-order valence-corrected chi connectivity index (χ0v) is 11.8. The van der Waals surface area contributed by atoms with Crippen molar-refractivity contribution < 1.29 is 13.2 Å². The van der Waals surface area contributed by atoms with E-state index in [0.717, 1.165) is 16.6 Å². The van der Waals surface area contributed by atoms with Gasteiger partial charge in [0.05, 0.1) is 5.39 Å². The summed E-state index contributed by atoms with van der Waals surface area (Å²) in [6.07, 6.45) is 1.35. The summed E-state index contributed by atoms with van der Waals surface area (Å²) in [7, 11) is 0. The van der Waals surface area contributed by atoms with Crippen LogP contribution >= 0.6 is 11.8 Å². The minimum absolute atomic E-state index is 0.0567. The maximum atomic E-state index is 12.0. The molecular formula is C12H13F3N4S. The van der Waals surface area contributed by atoms with E-state index >= 15 is 0 Å². The number of thioether (sulfide) groups is 1. The predicted octanol–water partition coefficient (Wildman–Crippen LogP) is 3.31. The lowest BCUT2D eigenvalue weighted by Crippen LogP contribution is -2.11. The number of aryl methyl sites for hydroxylation is 2. The number of alkyl halides is 3. The molecule has 2 aromatic heterocycles. The second-order valence-corrected chi connectivity index (χ2v) is 5.38. The highest BCUT2D eigenvalue weighted by atomic mass is 32.2. The zero-order chi connectivity index (χ0) is 14.8. The Hall–Kier alpha value is -1.57. The summed E-state index contributed by atoms with van der Waals surface area (Å²) in [5, 5.41) is 3.65. The molecule has 0 aliphatic carbocycles. The average molecular weight is 302 g/mol. The van der Waals surface area contributed by atoms with Crippen molar-refractivity contribution in [3.8, 4) is 0 Å². The Labute approximate surface area is 118 Å². The fourth-order valence-corrected chi connectivity index (χ4v) is 2.31. The molecule has 0 amide bonds. The van der Waals surface area contributed by atoms with Crippen LogP contribution in [-0.2, 0) is 0 Å². The molecule has 2 rings (SSSR count). The standard InChI is InChI=1S/C12H13F3N4S/c1-7-5-8(2)19-11-9(7)10(17-6-18-11)16-3-4-20-12(13,14)15/h5-6H,3-4H2,1-2H3,(H,16,17,18,19). The number of pyridine rings is 1. The molecule has 4 nitrogen and oxygen atoms in total. The molecule has 0 atom stereocenters. The highest BCUT2D eigenvalue weighted by Gasteiger charge is 2.27. The second kappa shape index (κ2) is 5.82. The molecule has 20 heavy (non-hydrogen) atoms. The normalized spacial score (nSPS) is 11.8. The first kappa shape index (κ1) is 14.8. The average Bonchev–Trinajstić information content (AvgIpc) is 2.32. The van der Waals surface area contributed by atoms with Gasteiger partial charge in [0, 0.05) is 18.0 Å². The van der Waals surface area contributed by atoms with Crippen LogP contribution in [0.4, 0.5) is 19.0 Å². The number of rotatable bonds is 4. The van der Waals surface area contributed by atoms with E-state index in [-0.39, 0.29) is 24.1 Å². The smallest absolute Gasteiger partial charge is 0.369 e. The van der Waals surface area contributed by atoms with Crippen molar-refractivity contribution in [1.82, 2.24) is 15.0 Å². The summed E-state index contributed by atoms with van der Waals surface area (Å²) in [4.78, 5) is 12.5. The summed E-state index contributed by atoms with van der Waals surface area (Å²) in [6.45, 7) is 3.93. The molecule has 8 heteroatoms. The maximum Gasteiger partial charge on any atom is 0.441 e. The molecule has 0 spiro atoms. The molecule has 0 radical (unpaired) electrons. The minimum Gasteiger partial charge on any atom is -0.369 e. The van der Waals surface area contributed by atoms with Gasteiger partial charge in [0.25, 0.3) is 0 Å². The molecule has 2 heterocycles. The van der Waals surface area contributed by atoms with Gasteiger partial charge in [-0.25, -0.2) is 15.0 Å². The largest absolute Gasteiger partial charge is 0.441 e. The summed E-state index contributed by atoms with van der Waals surface area (Å²) in [6, 6.07) is 1.89. The zero-order valence-electron chi connectivity index (χ0n) is 11.0. The van der Waals surface area contributed by atoms with Crippen LogP contribution < -0.4 is 5.32 Å². The third-order valence-corrected chi connectivity index (χ3v) is 3.33. The van der Waals surface area contributed by atoms with Crippen LogP contribution in [0.5, 0.6) is 0 Å². The third kappa shape index (κ3) is 3.72. The van der Waals surface area contributed by atoms with Crippen molar-refractivity contribution in [3.05, 3.63) is 23.7 Å². The van der Waals surface area contributed by atoms with Crippen LogP contribution in [0.1, 0.15) is 11.3 Å². The lowest BCUT2D eigenvalue weighted by molar-refractivity contribution is -0.0327. The van der Waals surface area contributed by atoms with Gasteiger partial charge in [-0.05, 0) is 37.2 Å². The molecule has 0 unspecified atom stereocenters. The van der Waals surface area contributed by atoms with Crippen LogP contribution in [0.25, 0.3) is 11.0 Å². The molecule has 0 saturated carbocycles. The number of halogens is 3. The van der Waals surface area contributed by atoms with E-state index in [1.54, 1.807) is 0 Å². The lowest BCUT2D eigenvalue weighted by Gasteiger charge is -2.10. The van der Waals surface area contributed by atoms with Gasteiger partial charge < -0.3 is 5.32 Å². The number of nitrogens with zero attached hydrogens (tertiary/aromatic N) is 3. The second-order valence-electron chi connectivity index (χ2n) is 4.22. The first-order valence-corrected chi connectivity index (χ1v) is 6.89. The van der Waals surface area contributed by atoms with Crippen molar-refractivity contribution in [2.45, 2.75) is 19.4 Å². The molecule has 0 aliphatic rings. The highest BCUT2D eigenvalue weighted by molar-refractivity contribution is 8.00. The fourth-order valence-electron chi connectivity index (χ4n) is 1.88. The van der Waals surface area contributed by atoms with E-state index in [1.165, 1.54) is 6.33 Å². The Morgan fingerprint density at radius 3 is 2.70 bits per heavy atom. The van der Waals surface area contributed by atoms with Crippen LogP contribution in [-0.4, -0.2) is 32.8 Å². The van der Waals surface area contributed by atoms with E-state index in [0.29, 0.717) is 11.5 Å². The van der Waals surface area contributed by atoms with E-state index < -0.39 is 5.51 Å². The molecule has 1 N–H and O–H groups in total. The minimum atomic E-state index is -4.20. The Morgan fingerprint density at radius 1 is 1.25 bits per heavy atom. The fraction of sp³-hybridized carbons (Fsp3) is 0.417. The summed E-state index contributed by atoms with van der Waals surface area (Å²) < 4.78 is 36.1. The summed E-state index contributed by atoms with van der Waals surface area (Å²) in [5.41, 5.74) is -1.88. The molecule has 0 bridgehead atoms. The summed E-state index contributed by atoms with van der Waals surface area (Å²) in [5.74, 6) is 0.440. The maximum absolute atomic E-state index is 12.0. The van der Waals surface area contributed by atoms with Crippen LogP contribution in [0.2, 0.25) is 0 Å². The van der Waals surface area contributed by atoms with Gasteiger partial charge in [-0.3, -0.25) is 0 Å². The third-order valence-electron chi connectivity index (χ3n) is 2.59. The van der Waals surface area contributed by atoms with Gasteiger partial charge in [-0.15, -0.1) is 0 Å². The molecule has 0 aliphatic heterocycles. The van der Waals surface area contributed by atoms with E-state index in [2.05, 4.69) is 20.3 Å². The Bertz CT molecular complexity index is 615. The molecule has 0 fully saturated rings. The number of nitrogens with one attached hydrogen (secondary N) is 1. The van der Waals surface area contributed by atoms with Gasteiger partial charge in [0.2, 0.25) is 0 Å². The lowest BCUT2D eigenvalue weighted by atomic mass is 10.1. The van der Waals surface area contributed by atoms with E-state index in [4.69, 9.17) is 0 Å². The van der Waals surface area contributed by atoms with Gasteiger partial charge in [0.15, 0.2) is 5.65 Å². The van der Waals surface area contributed by atoms with Crippen LogP contribution in [0, 0.1) is 13.8 Å². The van der Waals surface area contributed by atoms with Gasteiger partial charge in [-0.2, -0.15) is 13.2 Å². The van der Waals surface area contributed by atoms with Crippen LogP contribution in [0.3, 0.4) is 0 Å². The van der Waals surface area contributed by atoms with Crippen molar-refractivity contribution in [2.24, 2.45) is 0 Å². The number of aromatic nitrogens is 3. The van der Waals surface area contributed by atoms with E-state index in [1.807, 2.05) is 19.9 Å². The number of hydrogen-bond acceptors (Lipinski definition) is 5. The topological polar surface area (TPSA) is 50.7 Å². The van der Waals surface area contributed by atoms with Crippen molar-refractivity contribution in [1.29, 1.82) is 0 Å². The van der Waals surface area contributed by atoms with Gasteiger partial charge in [-0.1, -0.05) is 0 Å². The summed E-state index contributed by atoms with van der Waals surface area (Å²) >= 11 is -0.0567. The molecule has 0 aromatic carbocycles. The quantitative estimate of drug-likeness (QED) is 0.878. The highest BCUT2D eigenvalue weighted by Crippen LogP contribution is 2.30. The van der Waals surface area contributed by atoms with E-state index in [9.17, 15) is 13.2 Å². The van der Waals surface area contributed by atoms with Crippen molar-refractivity contribution in [2.75, 3.05) is 17.6 Å². The number of hydrogen-bond donors (Lipinski definition) is 1. The SMILES string of the molecule is Cc1cc(C)c2c(NCCSC(F)(F)F)ncnc2n1. The first-order chi connectivity index (χ1) is 9.37. The Balaban J connectivity index is 2.14. The molecular weight excluding hydrogens is 289 g/mol. The Kier molecular flexibility index (Phi) is 4.32. The monoisotopic (exact) mass is 302 g/mol.